The molecule has 0 spiro atoms. The van der Waals surface area contributed by atoms with E-state index in [1.807, 2.05) is 0 Å². The Morgan fingerprint density at radius 1 is 0.867 bits per heavy atom. The summed E-state index contributed by atoms with van der Waals surface area (Å²) in [7, 11) is 0. The van der Waals surface area contributed by atoms with Crippen molar-refractivity contribution in [1.29, 1.82) is 0 Å². The van der Waals surface area contributed by atoms with E-state index in [9.17, 15) is 0 Å². The van der Waals surface area contributed by atoms with Gasteiger partial charge in [-0.25, -0.2) is 0 Å². The maximum Gasteiger partial charge on any atom is 0.0618 e. The second-order valence-electron chi connectivity index (χ2n) is 4.34. The smallest absolute Gasteiger partial charge is 0.0618 e. The van der Waals surface area contributed by atoms with Gasteiger partial charge >= 0.3 is 0 Å². The van der Waals surface area contributed by atoms with Crippen molar-refractivity contribution >= 4 is 0 Å². The molecule has 0 aliphatic rings. The van der Waals surface area contributed by atoms with Gasteiger partial charge in [0.05, 0.1) is 13.2 Å². The Labute approximate surface area is 94.5 Å². The maximum absolute atomic E-state index is 5.88. The first kappa shape index (κ1) is 14.9. The molecule has 4 N–H and O–H groups in total. The first-order chi connectivity index (χ1) is 7.20. The van der Waals surface area contributed by atoms with Gasteiger partial charge in [0.15, 0.2) is 0 Å². The van der Waals surface area contributed by atoms with Gasteiger partial charge in [-0.3, -0.25) is 0 Å². The second kappa shape index (κ2) is 10.4. The van der Waals surface area contributed by atoms with Crippen LogP contribution in [0.1, 0.15) is 52.4 Å². The minimum atomic E-state index is 0.184. The monoisotopic (exact) mass is 216 g/mol. The summed E-state index contributed by atoms with van der Waals surface area (Å²) >= 11 is 0. The fourth-order valence-electron chi connectivity index (χ4n) is 1.47. The van der Waals surface area contributed by atoms with Crippen LogP contribution in [0.15, 0.2) is 0 Å². The molecule has 0 amide bonds. The maximum atomic E-state index is 5.88. The minimum Gasteiger partial charge on any atom is -0.378 e. The minimum absolute atomic E-state index is 0.184. The normalized spacial score (nSPS) is 15.2. The van der Waals surface area contributed by atoms with Gasteiger partial charge in [-0.15, -0.1) is 0 Å². The molecule has 0 bridgehead atoms. The quantitative estimate of drug-likeness (QED) is 0.587. The van der Waals surface area contributed by atoms with Gasteiger partial charge in [-0.2, -0.15) is 0 Å². The standard InChI is InChI=1S/C12H28N2O/c1-3-5-7-11(13)9-15-10-12(14)8-6-4-2/h11-12H,3-10,13-14H2,1-2H3. The number of hydrogen-bond acceptors (Lipinski definition) is 3. The van der Waals surface area contributed by atoms with Gasteiger partial charge in [-0.1, -0.05) is 39.5 Å². The second-order valence-corrected chi connectivity index (χ2v) is 4.34. The van der Waals surface area contributed by atoms with Gasteiger partial charge in [0.25, 0.3) is 0 Å². The molecular weight excluding hydrogens is 188 g/mol. The van der Waals surface area contributed by atoms with Crippen molar-refractivity contribution < 1.29 is 4.74 Å². The highest BCUT2D eigenvalue weighted by Crippen LogP contribution is 2.01. The topological polar surface area (TPSA) is 61.3 Å². The molecule has 0 rings (SSSR count). The molecule has 0 radical (unpaired) electrons. The summed E-state index contributed by atoms with van der Waals surface area (Å²) in [4.78, 5) is 0. The van der Waals surface area contributed by atoms with E-state index in [-0.39, 0.29) is 12.1 Å². The van der Waals surface area contributed by atoms with Crippen LogP contribution in [-0.2, 0) is 4.74 Å². The van der Waals surface area contributed by atoms with E-state index in [2.05, 4.69) is 13.8 Å². The fraction of sp³-hybridized carbons (Fsp3) is 1.00. The number of nitrogens with two attached hydrogens (primary N) is 2. The van der Waals surface area contributed by atoms with Crippen molar-refractivity contribution in [3.63, 3.8) is 0 Å². The Morgan fingerprint density at radius 3 is 1.60 bits per heavy atom. The van der Waals surface area contributed by atoms with Crippen molar-refractivity contribution in [1.82, 2.24) is 0 Å². The van der Waals surface area contributed by atoms with Crippen LogP contribution in [0.4, 0.5) is 0 Å². The molecule has 0 aromatic carbocycles. The van der Waals surface area contributed by atoms with Crippen LogP contribution >= 0.6 is 0 Å². The van der Waals surface area contributed by atoms with E-state index < -0.39 is 0 Å². The molecular formula is C12H28N2O. The highest BCUT2D eigenvalue weighted by atomic mass is 16.5. The molecule has 0 aliphatic heterocycles. The first-order valence-corrected chi connectivity index (χ1v) is 6.29. The third-order valence-corrected chi connectivity index (χ3v) is 2.52. The van der Waals surface area contributed by atoms with E-state index in [1.54, 1.807) is 0 Å². The van der Waals surface area contributed by atoms with E-state index in [0.29, 0.717) is 13.2 Å². The number of unbranched alkanes of at least 4 members (excludes halogenated alkanes) is 2. The van der Waals surface area contributed by atoms with Gasteiger partial charge in [0.1, 0.15) is 0 Å². The Kier molecular flexibility index (Phi) is 10.3. The van der Waals surface area contributed by atoms with Gasteiger partial charge in [0.2, 0.25) is 0 Å². The highest BCUT2D eigenvalue weighted by molar-refractivity contribution is 4.63. The molecule has 0 heterocycles. The van der Waals surface area contributed by atoms with Gasteiger partial charge in [0, 0.05) is 12.1 Å². The van der Waals surface area contributed by atoms with Crippen LogP contribution < -0.4 is 11.5 Å². The summed E-state index contributed by atoms with van der Waals surface area (Å²) < 4.78 is 5.50. The average Bonchev–Trinajstić information content (AvgIpc) is 2.23. The van der Waals surface area contributed by atoms with E-state index in [1.165, 1.54) is 25.7 Å². The number of hydrogen-bond donors (Lipinski definition) is 2. The van der Waals surface area contributed by atoms with Crippen molar-refractivity contribution in [3.8, 4) is 0 Å². The molecule has 3 heteroatoms. The van der Waals surface area contributed by atoms with Crippen LogP contribution in [0, 0.1) is 0 Å². The Hall–Kier alpha value is -0.120. The highest BCUT2D eigenvalue weighted by Gasteiger charge is 2.05. The lowest BCUT2D eigenvalue weighted by Crippen LogP contribution is -2.31. The van der Waals surface area contributed by atoms with Gasteiger partial charge in [-0.05, 0) is 12.8 Å². The summed E-state index contributed by atoms with van der Waals surface area (Å²) in [5.41, 5.74) is 11.8. The molecule has 3 nitrogen and oxygen atoms in total. The van der Waals surface area contributed by atoms with Crippen LogP contribution in [0.2, 0.25) is 0 Å². The zero-order valence-corrected chi connectivity index (χ0v) is 10.4. The zero-order chi connectivity index (χ0) is 11.5. The van der Waals surface area contributed by atoms with Crippen molar-refractivity contribution in [2.45, 2.75) is 64.5 Å². The largest absolute Gasteiger partial charge is 0.378 e. The number of rotatable bonds is 10. The Morgan fingerprint density at radius 2 is 1.27 bits per heavy atom. The first-order valence-electron chi connectivity index (χ1n) is 6.29. The summed E-state index contributed by atoms with van der Waals surface area (Å²) in [6.45, 7) is 5.65. The lowest BCUT2D eigenvalue weighted by Gasteiger charge is -2.15. The molecule has 15 heavy (non-hydrogen) atoms. The summed E-state index contributed by atoms with van der Waals surface area (Å²) in [6, 6.07) is 0.367. The molecule has 0 saturated carbocycles. The molecule has 0 fully saturated rings. The summed E-state index contributed by atoms with van der Waals surface area (Å²) in [5.74, 6) is 0. The molecule has 2 atom stereocenters. The van der Waals surface area contributed by atoms with E-state index >= 15 is 0 Å². The summed E-state index contributed by atoms with van der Waals surface area (Å²) in [5, 5.41) is 0. The molecule has 0 saturated heterocycles. The van der Waals surface area contributed by atoms with Crippen LogP contribution in [0.25, 0.3) is 0 Å². The molecule has 0 aromatic rings. The Balaban J connectivity index is 3.27. The van der Waals surface area contributed by atoms with E-state index in [0.717, 1.165) is 12.8 Å². The van der Waals surface area contributed by atoms with Crippen molar-refractivity contribution in [2.75, 3.05) is 13.2 Å². The number of ether oxygens (including phenoxy) is 1. The van der Waals surface area contributed by atoms with Crippen LogP contribution in [0.5, 0.6) is 0 Å². The molecule has 92 valence electrons. The van der Waals surface area contributed by atoms with E-state index in [4.69, 9.17) is 16.2 Å². The Bertz CT molecular complexity index is 117. The zero-order valence-electron chi connectivity index (χ0n) is 10.4. The third-order valence-electron chi connectivity index (χ3n) is 2.52. The fourth-order valence-corrected chi connectivity index (χ4v) is 1.47. The molecule has 2 unspecified atom stereocenters. The predicted octanol–water partition coefficient (Wildman–Crippen LogP) is 2.04. The SMILES string of the molecule is CCCCC(N)COCC(N)CCCC. The van der Waals surface area contributed by atoms with Crippen molar-refractivity contribution in [2.24, 2.45) is 11.5 Å². The lowest BCUT2D eigenvalue weighted by molar-refractivity contribution is 0.104. The summed E-state index contributed by atoms with van der Waals surface area (Å²) in [6.07, 6.45) is 6.88. The van der Waals surface area contributed by atoms with Gasteiger partial charge < -0.3 is 16.2 Å². The average molecular weight is 216 g/mol. The lowest BCUT2D eigenvalue weighted by atomic mass is 10.1. The van der Waals surface area contributed by atoms with Crippen LogP contribution in [-0.4, -0.2) is 25.3 Å². The van der Waals surface area contributed by atoms with Crippen molar-refractivity contribution in [3.05, 3.63) is 0 Å². The molecule has 0 aliphatic carbocycles. The predicted molar refractivity (Wildman–Crippen MR) is 65.8 cm³/mol. The van der Waals surface area contributed by atoms with Crippen LogP contribution in [0.3, 0.4) is 0 Å². The third kappa shape index (κ3) is 10.2. The molecule has 0 aromatic heterocycles.